The normalized spacial score (nSPS) is 18.7. The second-order valence-electron chi connectivity index (χ2n) is 7.81. The quantitative estimate of drug-likeness (QED) is 0.597. The lowest BCUT2D eigenvalue weighted by Crippen LogP contribution is -2.42. The molecule has 0 aliphatic carbocycles. The number of hydrogen-bond donors (Lipinski definition) is 1. The fourth-order valence-corrected chi connectivity index (χ4v) is 8.22. The van der Waals surface area contributed by atoms with E-state index >= 15 is 0 Å². The summed E-state index contributed by atoms with van der Waals surface area (Å²) in [6.45, 7) is 4.49. The number of nitrogens with zero attached hydrogens (tertiary/aromatic N) is 2. The Kier molecular flexibility index (Phi) is 6.89. The minimum absolute atomic E-state index is 0.0577. The second kappa shape index (κ2) is 9.53. The molecule has 0 aromatic carbocycles. The standard InChI is InChI=1S/C21H25N3O6S3/c1-3-30-21(27)18-14-8-10-23(13(2)25)12-16(14)32-20(18)22-19(26)15-6-4-9-24(15)33(28,29)17-7-5-11-31-17/h5,7,11,15H,3-4,6,8-10,12H2,1-2H3,(H,22,26). The average Bonchev–Trinajstić information content (AvgIpc) is 3.52. The zero-order valence-corrected chi connectivity index (χ0v) is 20.8. The van der Waals surface area contributed by atoms with E-state index in [4.69, 9.17) is 4.74 Å². The summed E-state index contributed by atoms with van der Waals surface area (Å²) < 4.78 is 32.7. The smallest absolute Gasteiger partial charge is 0.341 e. The molecule has 0 spiro atoms. The summed E-state index contributed by atoms with van der Waals surface area (Å²) in [6, 6.07) is 2.33. The summed E-state index contributed by atoms with van der Waals surface area (Å²) in [5.41, 5.74) is 1.08. The SMILES string of the molecule is CCOC(=O)c1c(NC(=O)C2CCCN2S(=O)(=O)c2cccs2)sc2c1CCN(C(C)=O)C2. The number of fused-ring (bicyclic) bond motifs is 1. The molecular weight excluding hydrogens is 486 g/mol. The van der Waals surface area contributed by atoms with Crippen molar-refractivity contribution in [3.05, 3.63) is 33.5 Å². The van der Waals surface area contributed by atoms with Crippen LogP contribution in [0.1, 0.15) is 47.5 Å². The zero-order chi connectivity index (χ0) is 23.8. The zero-order valence-electron chi connectivity index (χ0n) is 18.3. The van der Waals surface area contributed by atoms with Crippen molar-refractivity contribution >= 4 is 55.5 Å². The van der Waals surface area contributed by atoms with Crippen molar-refractivity contribution in [3.63, 3.8) is 0 Å². The molecule has 0 bridgehead atoms. The summed E-state index contributed by atoms with van der Waals surface area (Å²) >= 11 is 2.35. The molecule has 2 aromatic rings. The van der Waals surface area contributed by atoms with Crippen LogP contribution in [0.2, 0.25) is 0 Å². The van der Waals surface area contributed by atoms with E-state index in [1.165, 1.54) is 28.6 Å². The van der Waals surface area contributed by atoms with Gasteiger partial charge in [-0.1, -0.05) is 6.07 Å². The van der Waals surface area contributed by atoms with Crippen LogP contribution >= 0.6 is 22.7 Å². The Morgan fingerprint density at radius 3 is 2.73 bits per heavy atom. The van der Waals surface area contributed by atoms with Crippen LogP contribution in [0, 0.1) is 0 Å². The van der Waals surface area contributed by atoms with Crippen LogP contribution in [0.15, 0.2) is 21.7 Å². The van der Waals surface area contributed by atoms with Gasteiger partial charge in [0.25, 0.3) is 10.0 Å². The van der Waals surface area contributed by atoms with Gasteiger partial charge in [0.05, 0.1) is 18.7 Å². The van der Waals surface area contributed by atoms with Crippen molar-refractivity contribution in [2.24, 2.45) is 0 Å². The Bertz CT molecular complexity index is 1170. The van der Waals surface area contributed by atoms with E-state index < -0.39 is 27.9 Å². The molecule has 1 N–H and O–H groups in total. The van der Waals surface area contributed by atoms with Gasteiger partial charge in [-0.25, -0.2) is 13.2 Å². The first kappa shape index (κ1) is 23.9. The van der Waals surface area contributed by atoms with Crippen molar-refractivity contribution in [1.29, 1.82) is 0 Å². The molecule has 2 aromatic heterocycles. The summed E-state index contributed by atoms with van der Waals surface area (Å²) in [7, 11) is -3.78. The summed E-state index contributed by atoms with van der Waals surface area (Å²) in [4.78, 5) is 40.3. The number of sulfonamides is 1. The molecular formula is C21H25N3O6S3. The minimum atomic E-state index is -3.78. The van der Waals surface area contributed by atoms with E-state index in [-0.39, 0.29) is 23.3 Å². The van der Waals surface area contributed by atoms with Crippen LogP contribution in [0.4, 0.5) is 5.00 Å². The number of ether oxygens (including phenoxy) is 1. The topological polar surface area (TPSA) is 113 Å². The Morgan fingerprint density at radius 2 is 2.06 bits per heavy atom. The van der Waals surface area contributed by atoms with E-state index in [1.54, 1.807) is 23.3 Å². The predicted molar refractivity (Wildman–Crippen MR) is 125 cm³/mol. The number of carbonyl (C=O) groups excluding carboxylic acids is 3. The van der Waals surface area contributed by atoms with Crippen LogP contribution in [-0.2, 0) is 37.3 Å². The third-order valence-electron chi connectivity index (χ3n) is 5.78. The van der Waals surface area contributed by atoms with Gasteiger partial charge in [0, 0.05) is 24.9 Å². The van der Waals surface area contributed by atoms with E-state index in [9.17, 15) is 22.8 Å². The number of carbonyl (C=O) groups is 3. The second-order valence-corrected chi connectivity index (χ2v) is 12.0. The number of anilines is 1. The van der Waals surface area contributed by atoms with Gasteiger partial charge in [-0.2, -0.15) is 4.31 Å². The van der Waals surface area contributed by atoms with Gasteiger partial charge in [-0.15, -0.1) is 22.7 Å². The van der Waals surface area contributed by atoms with Crippen LogP contribution < -0.4 is 5.32 Å². The molecule has 2 aliphatic heterocycles. The lowest BCUT2D eigenvalue weighted by molar-refractivity contribution is -0.129. The van der Waals surface area contributed by atoms with Gasteiger partial charge in [-0.3, -0.25) is 9.59 Å². The van der Waals surface area contributed by atoms with Crippen molar-refractivity contribution in [2.75, 3.05) is 25.0 Å². The Morgan fingerprint density at radius 1 is 1.27 bits per heavy atom. The third-order valence-corrected chi connectivity index (χ3v) is 10.2. The van der Waals surface area contributed by atoms with Crippen molar-refractivity contribution in [3.8, 4) is 0 Å². The molecule has 2 aliphatic rings. The summed E-state index contributed by atoms with van der Waals surface area (Å²) in [5.74, 6) is -1.06. The first-order valence-corrected chi connectivity index (χ1v) is 13.8. The summed E-state index contributed by atoms with van der Waals surface area (Å²) in [6.07, 6.45) is 1.45. The molecule has 4 heterocycles. The van der Waals surface area contributed by atoms with E-state index in [0.717, 1.165) is 21.8 Å². The first-order chi connectivity index (χ1) is 15.7. The highest BCUT2D eigenvalue weighted by Gasteiger charge is 2.41. The van der Waals surface area contributed by atoms with Gasteiger partial charge in [-0.05, 0) is 43.2 Å². The van der Waals surface area contributed by atoms with Gasteiger partial charge in [0.2, 0.25) is 11.8 Å². The molecule has 0 radical (unpaired) electrons. The molecule has 1 atom stereocenters. The summed E-state index contributed by atoms with van der Waals surface area (Å²) in [5, 5.41) is 4.84. The number of nitrogens with one attached hydrogen (secondary N) is 1. The van der Waals surface area contributed by atoms with Gasteiger partial charge in [0.15, 0.2) is 0 Å². The van der Waals surface area contributed by atoms with Crippen LogP contribution in [0.5, 0.6) is 0 Å². The van der Waals surface area contributed by atoms with Crippen LogP contribution in [0.25, 0.3) is 0 Å². The van der Waals surface area contributed by atoms with Gasteiger partial charge in [0.1, 0.15) is 15.3 Å². The maximum absolute atomic E-state index is 13.2. The maximum Gasteiger partial charge on any atom is 0.341 e. The lowest BCUT2D eigenvalue weighted by Gasteiger charge is -2.25. The molecule has 1 fully saturated rings. The van der Waals surface area contributed by atoms with Crippen molar-refractivity contribution in [1.82, 2.24) is 9.21 Å². The molecule has 0 saturated carbocycles. The molecule has 2 amide bonds. The number of rotatable bonds is 6. The largest absolute Gasteiger partial charge is 0.462 e. The van der Waals surface area contributed by atoms with Gasteiger partial charge >= 0.3 is 5.97 Å². The van der Waals surface area contributed by atoms with E-state index in [2.05, 4.69) is 5.32 Å². The Balaban J connectivity index is 1.62. The molecule has 12 heteroatoms. The first-order valence-electron chi connectivity index (χ1n) is 10.7. The maximum atomic E-state index is 13.2. The molecule has 4 rings (SSSR count). The number of thiophene rings is 2. The third kappa shape index (κ3) is 4.57. The molecule has 1 saturated heterocycles. The van der Waals surface area contributed by atoms with Crippen LogP contribution in [0.3, 0.4) is 0 Å². The monoisotopic (exact) mass is 511 g/mol. The fourth-order valence-electron chi connectivity index (χ4n) is 4.19. The van der Waals surface area contributed by atoms with Crippen LogP contribution in [-0.4, -0.2) is 61.1 Å². The lowest BCUT2D eigenvalue weighted by atomic mass is 10.0. The molecule has 178 valence electrons. The highest BCUT2D eigenvalue weighted by atomic mass is 32.2. The van der Waals surface area contributed by atoms with E-state index in [0.29, 0.717) is 42.9 Å². The fraction of sp³-hybridized carbons (Fsp3) is 0.476. The number of esters is 1. The highest BCUT2D eigenvalue weighted by molar-refractivity contribution is 7.91. The average molecular weight is 512 g/mol. The Labute approximate surface area is 200 Å². The highest BCUT2D eigenvalue weighted by Crippen LogP contribution is 2.38. The number of hydrogen-bond acceptors (Lipinski definition) is 8. The molecule has 9 nitrogen and oxygen atoms in total. The van der Waals surface area contributed by atoms with Crippen molar-refractivity contribution in [2.45, 2.75) is 49.9 Å². The molecule has 33 heavy (non-hydrogen) atoms. The van der Waals surface area contributed by atoms with Crippen molar-refractivity contribution < 1.29 is 27.5 Å². The van der Waals surface area contributed by atoms with E-state index in [1.807, 2.05) is 0 Å². The predicted octanol–water partition coefficient (Wildman–Crippen LogP) is 2.68. The minimum Gasteiger partial charge on any atom is -0.462 e. The van der Waals surface area contributed by atoms with Gasteiger partial charge < -0.3 is 15.0 Å². The molecule has 1 unspecified atom stereocenters. The Hall–Kier alpha value is -2.28. The number of amides is 2.